The molecule has 1 heterocycles. The lowest BCUT2D eigenvalue weighted by molar-refractivity contribution is -0.119. The summed E-state index contributed by atoms with van der Waals surface area (Å²) in [6, 6.07) is 22.4. The average Bonchev–Trinajstić information content (AvgIpc) is 2.71. The number of anilines is 2. The number of amides is 2. The number of rotatable bonds is 4. The van der Waals surface area contributed by atoms with Gasteiger partial charge < -0.3 is 10.2 Å². The summed E-state index contributed by atoms with van der Waals surface area (Å²) in [5.74, 6) is -0.0704. The molecule has 28 heavy (non-hydrogen) atoms. The first-order valence-corrected chi connectivity index (χ1v) is 9.52. The van der Waals surface area contributed by atoms with Crippen LogP contribution in [-0.4, -0.2) is 11.8 Å². The van der Waals surface area contributed by atoms with Gasteiger partial charge in [-0.2, -0.15) is 0 Å². The van der Waals surface area contributed by atoms with Gasteiger partial charge in [0.25, 0.3) is 5.91 Å². The van der Waals surface area contributed by atoms with Crippen molar-refractivity contribution in [2.75, 3.05) is 10.2 Å². The Morgan fingerprint density at radius 2 is 1.71 bits per heavy atom. The van der Waals surface area contributed by atoms with E-state index in [1.54, 1.807) is 24.3 Å². The molecule has 1 N–H and O–H groups in total. The number of benzene rings is 3. The van der Waals surface area contributed by atoms with Gasteiger partial charge in [0, 0.05) is 28.4 Å². The van der Waals surface area contributed by atoms with Crippen LogP contribution >= 0.6 is 11.6 Å². The van der Waals surface area contributed by atoms with E-state index in [0.29, 0.717) is 35.7 Å². The van der Waals surface area contributed by atoms with Crippen molar-refractivity contribution in [3.63, 3.8) is 0 Å². The van der Waals surface area contributed by atoms with Gasteiger partial charge in [0.15, 0.2) is 0 Å². The molecule has 3 aromatic rings. The van der Waals surface area contributed by atoms with Crippen LogP contribution in [0.25, 0.3) is 0 Å². The molecular formula is C23H19ClN2O2. The molecule has 0 aromatic heterocycles. The summed E-state index contributed by atoms with van der Waals surface area (Å²) in [6.07, 6.45) is 1.14. The third-order valence-corrected chi connectivity index (χ3v) is 5.08. The molecule has 0 saturated carbocycles. The molecule has 0 fully saturated rings. The van der Waals surface area contributed by atoms with Gasteiger partial charge in [-0.05, 0) is 60.0 Å². The lowest BCUT2D eigenvalue weighted by atomic mass is 9.99. The number of carbonyl (C=O) groups is 2. The summed E-state index contributed by atoms with van der Waals surface area (Å²) in [6.45, 7) is 0.545. The van der Waals surface area contributed by atoms with Crippen LogP contribution in [0.2, 0.25) is 5.02 Å². The van der Waals surface area contributed by atoms with Gasteiger partial charge in [-0.1, -0.05) is 41.9 Å². The van der Waals surface area contributed by atoms with Crippen LogP contribution < -0.4 is 10.2 Å². The molecular weight excluding hydrogens is 372 g/mol. The predicted molar refractivity (Wildman–Crippen MR) is 112 cm³/mol. The van der Waals surface area contributed by atoms with Gasteiger partial charge in [-0.3, -0.25) is 9.59 Å². The van der Waals surface area contributed by atoms with Gasteiger partial charge in [0.1, 0.15) is 0 Å². The van der Waals surface area contributed by atoms with E-state index in [4.69, 9.17) is 11.6 Å². The summed E-state index contributed by atoms with van der Waals surface area (Å²) >= 11 is 5.88. The molecule has 0 atom stereocenters. The Balaban J connectivity index is 1.55. The molecule has 0 unspecified atom stereocenters. The summed E-state index contributed by atoms with van der Waals surface area (Å²) in [5.41, 5.74) is 4.31. The van der Waals surface area contributed by atoms with Crippen LogP contribution in [0, 0.1) is 0 Å². The van der Waals surface area contributed by atoms with Crippen LogP contribution in [0.15, 0.2) is 72.8 Å². The number of nitrogens with zero attached hydrogens (tertiary/aromatic N) is 1. The highest BCUT2D eigenvalue weighted by Gasteiger charge is 2.24. The topological polar surface area (TPSA) is 49.4 Å². The number of halogens is 1. The van der Waals surface area contributed by atoms with E-state index in [2.05, 4.69) is 5.32 Å². The fourth-order valence-electron chi connectivity index (χ4n) is 3.38. The van der Waals surface area contributed by atoms with Crippen molar-refractivity contribution >= 4 is 34.8 Å². The normalized spacial score (nSPS) is 13.2. The first-order chi connectivity index (χ1) is 13.6. The number of hydrogen-bond donors (Lipinski definition) is 1. The van der Waals surface area contributed by atoms with E-state index in [9.17, 15) is 9.59 Å². The molecule has 1 aliphatic heterocycles. The van der Waals surface area contributed by atoms with Crippen molar-refractivity contribution < 1.29 is 9.59 Å². The number of aryl methyl sites for hydroxylation is 1. The fourth-order valence-corrected chi connectivity index (χ4v) is 3.51. The number of nitrogens with one attached hydrogen (secondary N) is 1. The summed E-state index contributed by atoms with van der Waals surface area (Å²) < 4.78 is 0. The molecule has 4 rings (SSSR count). The third kappa shape index (κ3) is 3.92. The van der Waals surface area contributed by atoms with Crippen LogP contribution in [-0.2, 0) is 17.8 Å². The molecule has 0 saturated heterocycles. The Bertz CT molecular complexity index is 1020. The maximum Gasteiger partial charge on any atom is 0.255 e. The first kappa shape index (κ1) is 18.3. The molecule has 0 bridgehead atoms. The van der Waals surface area contributed by atoms with E-state index < -0.39 is 0 Å². The minimum atomic E-state index is -0.190. The second-order valence-electron chi connectivity index (χ2n) is 6.77. The monoisotopic (exact) mass is 390 g/mol. The zero-order valence-corrected chi connectivity index (χ0v) is 15.9. The van der Waals surface area contributed by atoms with Gasteiger partial charge in [0.05, 0.1) is 6.54 Å². The van der Waals surface area contributed by atoms with Crippen molar-refractivity contribution in [2.45, 2.75) is 19.4 Å². The zero-order valence-electron chi connectivity index (χ0n) is 15.2. The van der Waals surface area contributed by atoms with Crippen LogP contribution in [0.3, 0.4) is 0 Å². The maximum absolute atomic E-state index is 12.5. The third-order valence-electron chi connectivity index (χ3n) is 4.83. The van der Waals surface area contributed by atoms with Gasteiger partial charge in [-0.15, -0.1) is 0 Å². The number of fused-ring (bicyclic) bond motifs is 1. The fraction of sp³-hybridized carbons (Fsp3) is 0.130. The Morgan fingerprint density at radius 1 is 0.964 bits per heavy atom. The van der Waals surface area contributed by atoms with Gasteiger partial charge in [0.2, 0.25) is 5.91 Å². The standard InChI is InChI=1S/C23H19ClN2O2/c24-19-9-6-17(7-10-19)23(28)25-20-11-12-21-18(14-20)8-13-22(27)26(21)15-16-4-2-1-3-5-16/h1-7,9-12,14H,8,13,15H2,(H,25,28). The summed E-state index contributed by atoms with van der Waals surface area (Å²) in [7, 11) is 0. The molecule has 2 amide bonds. The lowest BCUT2D eigenvalue weighted by Gasteiger charge is -2.30. The van der Waals surface area contributed by atoms with E-state index in [0.717, 1.165) is 16.8 Å². The summed E-state index contributed by atoms with van der Waals surface area (Å²) in [5, 5.41) is 3.51. The van der Waals surface area contributed by atoms with Gasteiger partial charge in [-0.25, -0.2) is 0 Å². The van der Waals surface area contributed by atoms with Crippen LogP contribution in [0.1, 0.15) is 27.9 Å². The SMILES string of the molecule is O=C(Nc1ccc2c(c1)CCC(=O)N2Cc1ccccc1)c1ccc(Cl)cc1. The average molecular weight is 391 g/mol. The number of hydrogen-bond acceptors (Lipinski definition) is 2. The highest BCUT2D eigenvalue weighted by atomic mass is 35.5. The number of carbonyl (C=O) groups excluding carboxylic acids is 2. The largest absolute Gasteiger partial charge is 0.322 e. The zero-order chi connectivity index (χ0) is 19.5. The highest BCUT2D eigenvalue weighted by Crippen LogP contribution is 2.31. The molecule has 4 nitrogen and oxygen atoms in total. The quantitative estimate of drug-likeness (QED) is 0.676. The molecule has 140 valence electrons. The van der Waals surface area contributed by atoms with E-state index in [1.165, 1.54) is 0 Å². The van der Waals surface area contributed by atoms with Crippen molar-refractivity contribution in [1.29, 1.82) is 0 Å². The second kappa shape index (κ2) is 7.87. The predicted octanol–water partition coefficient (Wildman–Crippen LogP) is 5.07. The minimum Gasteiger partial charge on any atom is -0.322 e. The Hall–Kier alpha value is -3.11. The van der Waals surface area contributed by atoms with Gasteiger partial charge >= 0.3 is 0 Å². The lowest BCUT2D eigenvalue weighted by Crippen LogP contribution is -2.34. The van der Waals surface area contributed by atoms with Crippen molar-refractivity contribution in [3.05, 3.63) is 94.5 Å². The minimum absolute atomic E-state index is 0.120. The smallest absolute Gasteiger partial charge is 0.255 e. The van der Waals surface area contributed by atoms with Crippen LogP contribution in [0.5, 0.6) is 0 Å². The first-order valence-electron chi connectivity index (χ1n) is 9.14. The van der Waals surface area contributed by atoms with E-state index in [-0.39, 0.29) is 11.8 Å². The molecule has 5 heteroatoms. The van der Waals surface area contributed by atoms with Crippen LogP contribution in [0.4, 0.5) is 11.4 Å². The highest BCUT2D eigenvalue weighted by molar-refractivity contribution is 6.30. The van der Waals surface area contributed by atoms with Crippen molar-refractivity contribution in [3.8, 4) is 0 Å². The van der Waals surface area contributed by atoms with E-state index in [1.807, 2.05) is 53.4 Å². The maximum atomic E-state index is 12.5. The molecule has 0 aliphatic carbocycles. The molecule has 0 radical (unpaired) electrons. The molecule has 0 spiro atoms. The summed E-state index contributed by atoms with van der Waals surface area (Å²) in [4.78, 5) is 26.7. The molecule has 1 aliphatic rings. The van der Waals surface area contributed by atoms with E-state index >= 15 is 0 Å². The Kier molecular flexibility index (Phi) is 5.13. The van der Waals surface area contributed by atoms with Crippen molar-refractivity contribution in [1.82, 2.24) is 0 Å². The Labute approximate surface area is 168 Å². The van der Waals surface area contributed by atoms with Crippen molar-refractivity contribution in [2.24, 2.45) is 0 Å². The molecule has 3 aromatic carbocycles. The Morgan fingerprint density at radius 3 is 2.46 bits per heavy atom. The second-order valence-corrected chi connectivity index (χ2v) is 7.21.